The summed E-state index contributed by atoms with van der Waals surface area (Å²) in [5.74, 6) is 3.42. The summed E-state index contributed by atoms with van der Waals surface area (Å²) in [6.45, 7) is 0. The van der Waals surface area contributed by atoms with E-state index in [4.69, 9.17) is 0 Å². The van der Waals surface area contributed by atoms with Crippen molar-refractivity contribution >= 4 is 5.69 Å². The van der Waals surface area contributed by atoms with Gasteiger partial charge in [0.05, 0.1) is 6.04 Å². The maximum absolute atomic E-state index is 3.87. The Labute approximate surface area is 126 Å². The minimum absolute atomic E-state index is 0.501. The van der Waals surface area contributed by atoms with Crippen molar-refractivity contribution in [1.29, 1.82) is 0 Å². The summed E-state index contributed by atoms with van der Waals surface area (Å²) in [6, 6.07) is 20.6. The summed E-state index contributed by atoms with van der Waals surface area (Å²) in [5, 5.41) is 3.87. The lowest BCUT2D eigenvalue weighted by molar-refractivity contribution is 0.247. The highest BCUT2D eigenvalue weighted by molar-refractivity contribution is 5.58. The molecule has 2 aliphatic carbocycles. The minimum atomic E-state index is 0.501. The molecule has 1 heterocycles. The van der Waals surface area contributed by atoms with Gasteiger partial charge in [0.2, 0.25) is 0 Å². The van der Waals surface area contributed by atoms with E-state index in [0.717, 1.165) is 23.7 Å². The van der Waals surface area contributed by atoms with Crippen molar-refractivity contribution in [3.05, 3.63) is 65.7 Å². The van der Waals surface area contributed by atoms with Crippen LogP contribution in [0.4, 0.5) is 5.69 Å². The van der Waals surface area contributed by atoms with Crippen molar-refractivity contribution in [1.82, 2.24) is 0 Å². The Morgan fingerprint density at radius 2 is 1.57 bits per heavy atom. The van der Waals surface area contributed by atoms with Gasteiger partial charge >= 0.3 is 0 Å². The van der Waals surface area contributed by atoms with E-state index in [9.17, 15) is 0 Å². The van der Waals surface area contributed by atoms with Gasteiger partial charge in [-0.15, -0.1) is 0 Å². The summed E-state index contributed by atoms with van der Waals surface area (Å²) in [4.78, 5) is 0. The van der Waals surface area contributed by atoms with Gasteiger partial charge in [-0.25, -0.2) is 0 Å². The molecule has 2 aromatic carbocycles. The van der Waals surface area contributed by atoms with Gasteiger partial charge in [-0.2, -0.15) is 0 Å². The number of para-hydroxylation sites is 1. The lowest BCUT2D eigenvalue weighted by Gasteiger charge is -2.43. The van der Waals surface area contributed by atoms with Crippen molar-refractivity contribution in [2.45, 2.75) is 31.2 Å². The van der Waals surface area contributed by atoms with E-state index in [-0.39, 0.29) is 0 Å². The lowest BCUT2D eigenvalue weighted by atomic mass is 9.68. The van der Waals surface area contributed by atoms with Crippen LogP contribution in [-0.2, 0) is 0 Å². The molecule has 0 radical (unpaired) electrons. The van der Waals surface area contributed by atoms with Crippen LogP contribution >= 0.6 is 0 Å². The van der Waals surface area contributed by atoms with Gasteiger partial charge in [-0.05, 0) is 60.1 Å². The highest BCUT2D eigenvalue weighted by Gasteiger charge is 2.53. The zero-order valence-corrected chi connectivity index (χ0v) is 12.2. The highest BCUT2D eigenvalue weighted by atomic mass is 15.0. The molecule has 1 aliphatic heterocycles. The van der Waals surface area contributed by atoms with E-state index < -0.39 is 0 Å². The van der Waals surface area contributed by atoms with Crippen LogP contribution in [-0.4, -0.2) is 0 Å². The quantitative estimate of drug-likeness (QED) is 0.773. The third kappa shape index (κ3) is 1.64. The first-order valence-corrected chi connectivity index (χ1v) is 8.32. The fourth-order valence-electron chi connectivity index (χ4n) is 5.43. The Hall–Kier alpha value is -1.76. The summed E-state index contributed by atoms with van der Waals surface area (Å²) in [7, 11) is 0. The molecule has 0 amide bonds. The van der Waals surface area contributed by atoms with E-state index in [2.05, 4.69) is 59.9 Å². The van der Waals surface area contributed by atoms with E-state index in [1.54, 1.807) is 5.56 Å². The second-order valence-corrected chi connectivity index (χ2v) is 7.06. The smallest absolute Gasteiger partial charge is 0.0550 e. The first kappa shape index (κ1) is 11.9. The standard InChI is InChI=1S/C20H21N/c1-2-6-13(7-3-1)20-19-15-11-10-14(12-15)18(19)16-8-4-5-9-17(16)21-20/h1-9,14-15,18-21H,10-12H2/t14-,15+,18-,19-,20+/m1/s1. The fourth-order valence-corrected chi connectivity index (χ4v) is 5.43. The van der Waals surface area contributed by atoms with Crippen LogP contribution in [0.15, 0.2) is 54.6 Å². The summed E-state index contributed by atoms with van der Waals surface area (Å²) >= 11 is 0. The van der Waals surface area contributed by atoms with E-state index >= 15 is 0 Å². The predicted molar refractivity (Wildman–Crippen MR) is 86.3 cm³/mol. The average molecular weight is 275 g/mol. The Morgan fingerprint density at radius 1 is 0.810 bits per heavy atom. The minimum Gasteiger partial charge on any atom is -0.378 e. The Kier molecular flexibility index (Phi) is 2.46. The monoisotopic (exact) mass is 275 g/mol. The van der Waals surface area contributed by atoms with Crippen molar-refractivity contribution in [2.75, 3.05) is 5.32 Å². The first-order chi connectivity index (χ1) is 10.4. The second kappa shape index (κ2) is 4.37. The van der Waals surface area contributed by atoms with Crippen LogP contribution in [0.2, 0.25) is 0 Å². The summed E-state index contributed by atoms with van der Waals surface area (Å²) in [6.07, 6.45) is 4.34. The van der Waals surface area contributed by atoms with Crippen LogP contribution in [0.5, 0.6) is 0 Å². The molecule has 5 atom stereocenters. The molecule has 0 unspecified atom stereocenters. The molecule has 2 saturated carbocycles. The fraction of sp³-hybridized carbons (Fsp3) is 0.400. The molecule has 2 aromatic rings. The van der Waals surface area contributed by atoms with Gasteiger partial charge in [-0.1, -0.05) is 48.5 Å². The summed E-state index contributed by atoms with van der Waals surface area (Å²) in [5.41, 5.74) is 4.43. The number of nitrogens with one attached hydrogen (secondary N) is 1. The Balaban J connectivity index is 1.65. The molecule has 106 valence electrons. The molecule has 0 saturated heterocycles. The topological polar surface area (TPSA) is 12.0 Å². The Morgan fingerprint density at radius 3 is 2.48 bits per heavy atom. The van der Waals surface area contributed by atoms with Crippen LogP contribution in [0.25, 0.3) is 0 Å². The number of benzene rings is 2. The van der Waals surface area contributed by atoms with E-state index in [0.29, 0.717) is 6.04 Å². The molecule has 1 nitrogen and oxygen atoms in total. The predicted octanol–water partition coefficient (Wildman–Crippen LogP) is 4.98. The molecule has 1 N–H and O–H groups in total. The zero-order chi connectivity index (χ0) is 13.8. The van der Waals surface area contributed by atoms with Crippen molar-refractivity contribution < 1.29 is 0 Å². The molecule has 21 heavy (non-hydrogen) atoms. The molecule has 1 heteroatoms. The van der Waals surface area contributed by atoms with Crippen molar-refractivity contribution in [3.63, 3.8) is 0 Å². The van der Waals surface area contributed by atoms with Crippen LogP contribution in [0.3, 0.4) is 0 Å². The molecular formula is C20H21N. The normalized spacial score (nSPS) is 35.9. The van der Waals surface area contributed by atoms with Crippen molar-refractivity contribution in [3.8, 4) is 0 Å². The van der Waals surface area contributed by atoms with Gasteiger partial charge in [0.15, 0.2) is 0 Å². The van der Waals surface area contributed by atoms with Crippen LogP contribution in [0, 0.1) is 17.8 Å². The molecule has 5 rings (SSSR count). The van der Waals surface area contributed by atoms with Gasteiger partial charge in [0.25, 0.3) is 0 Å². The maximum atomic E-state index is 3.87. The molecule has 0 aromatic heterocycles. The number of rotatable bonds is 1. The Bertz CT molecular complexity index is 663. The number of hydrogen-bond acceptors (Lipinski definition) is 1. The first-order valence-electron chi connectivity index (χ1n) is 8.32. The molecular weight excluding hydrogens is 254 g/mol. The SMILES string of the molecule is c1ccc([C@@H]2Nc3ccccc3[C@H]3[C@@H]4CC[C@@H](C4)[C@H]32)cc1. The van der Waals surface area contributed by atoms with Crippen LogP contribution < -0.4 is 5.32 Å². The number of hydrogen-bond donors (Lipinski definition) is 1. The molecule has 0 spiro atoms. The van der Waals surface area contributed by atoms with E-state index in [1.165, 1.54) is 30.5 Å². The lowest BCUT2D eigenvalue weighted by Crippen LogP contribution is -2.35. The second-order valence-electron chi connectivity index (χ2n) is 7.06. The van der Waals surface area contributed by atoms with Gasteiger partial charge in [0.1, 0.15) is 0 Å². The number of fused-ring (bicyclic) bond motifs is 7. The van der Waals surface area contributed by atoms with Gasteiger partial charge in [0, 0.05) is 5.69 Å². The maximum Gasteiger partial charge on any atom is 0.0550 e. The largest absolute Gasteiger partial charge is 0.378 e. The average Bonchev–Trinajstić information content (AvgIpc) is 3.17. The van der Waals surface area contributed by atoms with E-state index in [1.807, 2.05) is 0 Å². The van der Waals surface area contributed by atoms with Crippen molar-refractivity contribution in [2.24, 2.45) is 17.8 Å². The molecule has 2 fully saturated rings. The number of anilines is 1. The third-order valence-electron chi connectivity index (χ3n) is 6.16. The van der Waals surface area contributed by atoms with Gasteiger partial charge in [-0.3, -0.25) is 0 Å². The van der Waals surface area contributed by atoms with Crippen LogP contribution in [0.1, 0.15) is 42.3 Å². The zero-order valence-electron chi connectivity index (χ0n) is 12.2. The third-order valence-corrected chi connectivity index (χ3v) is 6.16. The summed E-state index contributed by atoms with van der Waals surface area (Å²) < 4.78 is 0. The molecule has 2 bridgehead atoms. The highest BCUT2D eigenvalue weighted by Crippen LogP contribution is 2.63. The molecule has 3 aliphatic rings. The van der Waals surface area contributed by atoms with Gasteiger partial charge < -0.3 is 5.32 Å².